The maximum Gasteiger partial charge on any atom is 0.165 e. The van der Waals surface area contributed by atoms with Crippen molar-refractivity contribution in [1.29, 1.82) is 5.26 Å². The number of nitrogens with zero attached hydrogens (tertiary/aromatic N) is 3. The lowest BCUT2D eigenvalue weighted by atomic mass is 10.1. The first-order chi connectivity index (χ1) is 13.0. The Hall–Kier alpha value is -3.50. The third-order valence-corrected chi connectivity index (χ3v) is 4.54. The maximum atomic E-state index is 13.8. The molecule has 0 radical (unpaired) electrons. The van der Waals surface area contributed by atoms with E-state index in [0.29, 0.717) is 21.3 Å². The minimum Gasteiger partial charge on any atom is -0.506 e. The Labute approximate surface area is 159 Å². The molecule has 0 amide bonds. The van der Waals surface area contributed by atoms with Crippen LogP contribution in [0.15, 0.2) is 54.0 Å². The van der Waals surface area contributed by atoms with E-state index >= 15 is 0 Å². The van der Waals surface area contributed by atoms with E-state index in [1.807, 2.05) is 6.07 Å². The second kappa shape index (κ2) is 7.81. The van der Waals surface area contributed by atoms with Gasteiger partial charge >= 0.3 is 0 Å². The summed E-state index contributed by atoms with van der Waals surface area (Å²) < 4.78 is 19.3. The number of rotatable bonds is 5. The van der Waals surface area contributed by atoms with Gasteiger partial charge in [-0.3, -0.25) is 0 Å². The van der Waals surface area contributed by atoms with E-state index < -0.39 is 5.82 Å². The van der Waals surface area contributed by atoms with E-state index in [9.17, 15) is 14.8 Å². The van der Waals surface area contributed by atoms with Crippen LogP contribution in [0.1, 0.15) is 18.2 Å². The Balaban J connectivity index is 2.00. The summed E-state index contributed by atoms with van der Waals surface area (Å²) in [6, 6.07) is 12.9. The zero-order valence-electron chi connectivity index (χ0n) is 14.3. The molecule has 1 aromatic heterocycles. The number of aromatic nitrogens is 1. The lowest BCUT2D eigenvalue weighted by Crippen LogP contribution is -1.92. The van der Waals surface area contributed by atoms with Crippen molar-refractivity contribution in [3.8, 4) is 28.1 Å². The molecule has 134 valence electrons. The summed E-state index contributed by atoms with van der Waals surface area (Å²) in [5.41, 5.74) is 1.17. The fourth-order valence-electron chi connectivity index (χ4n) is 2.31. The smallest absolute Gasteiger partial charge is 0.165 e. The topological polar surface area (TPSA) is 78.5 Å². The van der Waals surface area contributed by atoms with Crippen molar-refractivity contribution < 1.29 is 14.2 Å². The van der Waals surface area contributed by atoms with Crippen LogP contribution in [0.4, 0.5) is 9.39 Å². The van der Waals surface area contributed by atoms with E-state index in [4.69, 9.17) is 4.74 Å². The van der Waals surface area contributed by atoms with Gasteiger partial charge in [0.1, 0.15) is 33.3 Å². The number of benzene rings is 2. The summed E-state index contributed by atoms with van der Waals surface area (Å²) in [6.45, 7) is 5.25. The van der Waals surface area contributed by atoms with E-state index in [1.54, 1.807) is 43.5 Å². The van der Waals surface area contributed by atoms with Gasteiger partial charge < -0.3 is 9.84 Å². The molecular weight excluding hydrogens is 365 g/mol. The number of aliphatic imine (C=N–C) groups is 1. The van der Waals surface area contributed by atoms with Gasteiger partial charge in [-0.1, -0.05) is 30.0 Å². The van der Waals surface area contributed by atoms with Crippen LogP contribution in [0.3, 0.4) is 0 Å². The van der Waals surface area contributed by atoms with Crippen molar-refractivity contribution in [3.05, 3.63) is 66.1 Å². The molecule has 0 saturated heterocycles. The molecule has 1 heterocycles. The molecule has 3 aromatic rings. The highest BCUT2D eigenvalue weighted by molar-refractivity contribution is 7.19. The molecule has 2 aromatic carbocycles. The van der Waals surface area contributed by atoms with Gasteiger partial charge in [0.05, 0.1) is 5.56 Å². The Bertz CT molecular complexity index is 1080. The molecule has 0 aliphatic heterocycles. The van der Waals surface area contributed by atoms with Crippen molar-refractivity contribution in [2.24, 2.45) is 4.99 Å². The molecule has 0 unspecified atom stereocenters. The zero-order chi connectivity index (χ0) is 19.4. The van der Waals surface area contributed by atoms with E-state index in [2.05, 4.69) is 16.6 Å². The summed E-state index contributed by atoms with van der Waals surface area (Å²) >= 11 is 1.26. The third-order valence-electron chi connectivity index (χ3n) is 3.53. The molecule has 27 heavy (non-hydrogen) atoms. The van der Waals surface area contributed by atoms with E-state index in [0.717, 1.165) is 0 Å². The monoisotopic (exact) mass is 379 g/mol. The van der Waals surface area contributed by atoms with Gasteiger partial charge in [-0.2, -0.15) is 5.26 Å². The van der Waals surface area contributed by atoms with Crippen molar-refractivity contribution in [1.82, 2.24) is 4.98 Å². The van der Waals surface area contributed by atoms with Crippen LogP contribution in [0.2, 0.25) is 0 Å². The van der Waals surface area contributed by atoms with Gasteiger partial charge in [0, 0.05) is 11.8 Å². The molecule has 0 bridgehead atoms. The largest absolute Gasteiger partial charge is 0.506 e. The zero-order valence-corrected chi connectivity index (χ0v) is 15.1. The van der Waals surface area contributed by atoms with Crippen LogP contribution in [0, 0.1) is 17.1 Å². The Morgan fingerprint density at radius 1 is 1.33 bits per heavy atom. The summed E-state index contributed by atoms with van der Waals surface area (Å²) in [5.74, 6) is -0.424. The fourth-order valence-corrected chi connectivity index (χ4v) is 3.30. The molecule has 0 atom stereocenters. The minimum absolute atomic E-state index is 0.0365. The van der Waals surface area contributed by atoms with Gasteiger partial charge in [0.2, 0.25) is 0 Å². The predicted molar refractivity (Wildman–Crippen MR) is 104 cm³/mol. The molecule has 0 fully saturated rings. The number of hydrogen-bond donors (Lipinski definition) is 1. The Kier molecular flexibility index (Phi) is 5.29. The average Bonchev–Trinajstić information content (AvgIpc) is 3.08. The van der Waals surface area contributed by atoms with Crippen LogP contribution in [0.5, 0.6) is 11.5 Å². The number of ether oxygens (including phenoxy) is 1. The van der Waals surface area contributed by atoms with Crippen LogP contribution in [-0.4, -0.2) is 16.3 Å². The van der Waals surface area contributed by atoms with E-state index in [-0.39, 0.29) is 22.8 Å². The lowest BCUT2D eigenvalue weighted by molar-refractivity contribution is 0.441. The van der Waals surface area contributed by atoms with Gasteiger partial charge in [-0.25, -0.2) is 14.4 Å². The van der Waals surface area contributed by atoms with Crippen molar-refractivity contribution in [2.45, 2.75) is 6.92 Å². The van der Waals surface area contributed by atoms with Crippen LogP contribution in [0.25, 0.3) is 16.3 Å². The SMILES string of the molecule is C=C(O)c1nc(-c2ccc(Oc3ccccc3F)c(C#N)c2)sc1/N=C\C. The highest BCUT2D eigenvalue weighted by Gasteiger charge is 2.16. The molecule has 0 aliphatic carbocycles. The first-order valence-electron chi connectivity index (χ1n) is 7.88. The second-order valence-electron chi connectivity index (χ2n) is 5.36. The molecule has 0 spiro atoms. The Morgan fingerprint density at radius 3 is 2.78 bits per heavy atom. The van der Waals surface area contributed by atoms with Crippen LogP contribution < -0.4 is 4.74 Å². The normalized spacial score (nSPS) is 10.7. The van der Waals surface area contributed by atoms with Gasteiger partial charge in [0.15, 0.2) is 11.6 Å². The number of thiazole rings is 1. The number of nitriles is 1. The van der Waals surface area contributed by atoms with Gasteiger partial charge in [-0.05, 0) is 37.3 Å². The molecule has 0 saturated carbocycles. The van der Waals surface area contributed by atoms with E-state index in [1.165, 1.54) is 23.5 Å². The first kappa shape index (κ1) is 18.3. The highest BCUT2D eigenvalue weighted by atomic mass is 32.1. The van der Waals surface area contributed by atoms with Crippen LogP contribution in [-0.2, 0) is 0 Å². The number of aliphatic hydroxyl groups is 1. The summed E-state index contributed by atoms with van der Waals surface area (Å²) in [4.78, 5) is 8.53. The van der Waals surface area contributed by atoms with Crippen molar-refractivity contribution >= 4 is 28.3 Å². The highest BCUT2D eigenvalue weighted by Crippen LogP contribution is 2.38. The molecule has 0 aliphatic rings. The molecule has 3 rings (SSSR count). The molecule has 5 nitrogen and oxygen atoms in total. The lowest BCUT2D eigenvalue weighted by Gasteiger charge is -2.09. The fraction of sp³-hybridized carbons (Fsp3) is 0.0500. The van der Waals surface area contributed by atoms with Crippen LogP contribution >= 0.6 is 11.3 Å². The second-order valence-corrected chi connectivity index (χ2v) is 6.34. The Morgan fingerprint density at radius 2 is 2.11 bits per heavy atom. The molecule has 1 N–H and O–H groups in total. The summed E-state index contributed by atoms with van der Waals surface area (Å²) in [6.07, 6.45) is 1.59. The summed E-state index contributed by atoms with van der Waals surface area (Å²) in [7, 11) is 0. The minimum atomic E-state index is -0.515. The summed E-state index contributed by atoms with van der Waals surface area (Å²) in [5, 5.41) is 20.2. The third kappa shape index (κ3) is 3.86. The quantitative estimate of drug-likeness (QED) is 0.444. The van der Waals surface area contributed by atoms with Crippen molar-refractivity contribution in [3.63, 3.8) is 0 Å². The number of aliphatic hydroxyl groups excluding tert-OH is 1. The van der Waals surface area contributed by atoms with Gasteiger partial charge in [0.25, 0.3) is 0 Å². The standard InChI is InChI=1S/C20H14FN3O2S/c1-3-23-20-18(12(2)25)24-19(27-20)13-8-9-16(14(10-13)11-22)26-17-7-5-4-6-15(17)21/h3-10,25H,2H2,1H3/b23-3-. The first-order valence-corrected chi connectivity index (χ1v) is 8.69. The maximum absolute atomic E-state index is 13.8. The molecule has 7 heteroatoms. The molecular formula is C20H14FN3O2S. The van der Waals surface area contributed by atoms with Crippen molar-refractivity contribution in [2.75, 3.05) is 0 Å². The van der Waals surface area contributed by atoms with Gasteiger partial charge in [-0.15, -0.1) is 0 Å². The number of halogens is 1. The average molecular weight is 379 g/mol. The number of hydrogen-bond acceptors (Lipinski definition) is 6. The number of para-hydroxylation sites is 1. The predicted octanol–water partition coefficient (Wildman–Crippen LogP) is 5.86.